The third-order valence-corrected chi connectivity index (χ3v) is 0.682. The minimum absolute atomic E-state index is 0.00694. The van der Waals surface area contributed by atoms with E-state index < -0.39 is 5.97 Å². The van der Waals surface area contributed by atoms with Gasteiger partial charge < -0.3 is 15.3 Å². The summed E-state index contributed by atoms with van der Waals surface area (Å²) in [5.74, 6) is -2.39. The molecule has 3 N–H and O–H groups in total. The zero-order valence-electron chi connectivity index (χ0n) is 5.13. The molecular weight excluding hydrogens is 108 g/mol. The minimum atomic E-state index is -2.48. The summed E-state index contributed by atoms with van der Waals surface area (Å²) in [4.78, 5) is 0. The SMILES string of the molecule is CC(C)CC(O)(O)O. The average Bonchev–Trinajstić information content (AvgIpc) is 1.21. The minimum Gasteiger partial charge on any atom is -0.344 e. The van der Waals surface area contributed by atoms with Gasteiger partial charge >= 0.3 is 0 Å². The smallest absolute Gasteiger partial charge is 0.275 e. The van der Waals surface area contributed by atoms with E-state index in [2.05, 4.69) is 0 Å². The summed E-state index contributed by atoms with van der Waals surface area (Å²) in [6.07, 6.45) is -0.00694. The van der Waals surface area contributed by atoms with E-state index in [-0.39, 0.29) is 12.3 Å². The van der Waals surface area contributed by atoms with Gasteiger partial charge in [-0.25, -0.2) is 0 Å². The lowest BCUT2D eigenvalue weighted by atomic mass is 10.1. The van der Waals surface area contributed by atoms with E-state index in [0.29, 0.717) is 0 Å². The first-order valence-electron chi connectivity index (χ1n) is 2.59. The van der Waals surface area contributed by atoms with Gasteiger partial charge in [0, 0.05) is 6.42 Å². The highest BCUT2D eigenvalue weighted by atomic mass is 16.7. The molecule has 0 atom stereocenters. The van der Waals surface area contributed by atoms with Crippen LogP contribution in [0.3, 0.4) is 0 Å². The van der Waals surface area contributed by atoms with Crippen LogP contribution in [0.15, 0.2) is 0 Å². The van der Waals surface area contributed by atoms with Gasteiger partial charge in [-0.05, 0) is 5.92 Å². The molecule has 3 heteroatoms. The molecule has 0 radical (unpaired) electrons. The van der Waals surface area contributed by atoms with E-state index in [0.717, 1.165) is 0 Å². The Labute approximate surface area is 48.6 Å². The molecule has 0 aromatic carbocycles. The molecule has 0 fully saturated rings. The van der Waals surface area contributed by atoms with E-state index >= 15 is 0 Å². The summed E-state index contributed by atoms with van der Waals surface area (Å²) in [6.45, 7) is 3.58. The molecular formula is C5H12O3. The molecule has 0 saturated carbocycles. The lowest BCUT2D eigenvalue weighted by Gasteiger charge is -2.15. The third-order valence-electron chi connectivity index (χ3n) is 0.682. The summed E-state index contributed by atoms with van der Waals surface area (Å²) in [6, 6.07) is 0. The van der Waals surface area contributed by atoms with Gasteiger partial charge in [-0.1, -0.05) is 13.8 Å². The second-order valence-electron chi connectivity index (χ2n) is 2.37. The second kappa shape index (κ2) is 2.44. The molecule has 0 unspecified atom stereocenters. The van der Waals surface area contributed by atoms with Crippen molar-refractivity contribution in [1.29, 1.82) is 0 Å². The molecule has 0 heterocycles. The molecule has 50 valence electrons. The number of aliphatic hydroxyl groups is 3. The molecule has 0 saturated heterocycles. The van der Waals surface area contributed by atoms with Gasteiger partial charge in [0.05, 0.1) is 0 Å². The van der Waals surface area contributed by atoms with Crippen molar-refractivity contribution in [1.82, 2.24) is 0 Å². The van der Waals surface area contributed by atoms with Crippen molar-refractivity contribution in [2.75, 3.05) is 0 Å². The topological polar surface area (TPSA) is 60.7 Å². The van der Waals surface area contributed by atoms with E-state index in [1.54, 1.807) is 13.8 Å². The van der Waals surface area contributed by atoms with Crippen LogP contribution in [0.5, 0.6) is 0 Å². The van der Waals surface area contributed by atoms with Crippen molar-refractivity contribution >= 4 is 0 Å². The molecule has 0 bridgehead atoms. The first-order valence-corrected chi connectivity index (χ1v) is 2.59. The van der Waals surface area contributed by atoms with Gasteiger partial charge in [-0.2, -0.15) is 0 Å². The van der Waals surface area contributed by atoms with Crippen LogP contribution in [0.25, 0.3) is 0 Å². The van der Waals surface area contributed by atoms with Crippen LogP contribution in [-0.2, 0) is 0 Å². The van der Waals surface area contributed by atoms with Crippen LogP contribution in [0.2, 0.25) is 0 Å². The van der Waals surface area contributed by atoms with Gasteiger partial charge in [-0.3, -0.25) is 0 Å². The maximum absolute atomic E-state index is 8.30. The van der Waals surface area contributed by atoms with Gasteiger partial charge in [0.15, 0.2) is 0 Å². The maximum Gasteiger partial charge on any atom is 0.275 e. The lowest BCUT2D eigenvalue weighted by Crippen LogP contribution is -2.28. The monoisotopic (exact) mass is 120 g/mol. The zero-order chi connectivity index (χ0) is 6.78. The Hall–Kier alpha value is -0.120. The number of hydrogen-bond acceptors (Lipinski definition) is 3. The van der Waals surface area contributed by atoms with Crippen molar-refractivity contribution < 1.29 is 15.3 Å². The Morgan fingerprint density at radius 1 is 1.25 bits per heavy atom. The van der Waals surface area contributed by atoms with Gasteiger partial charge in [0.1, 0.15) is 0 Å². The second-order valence-corrected chi connectivity index (χ2v) is 2.37. The largest absolute Gasteiger partial charge is 0.344 e. The standard InChI is InChI=1S/C5H12O3/c1-4(2)3-5(6,7)8/h4,6-8H,3H2,1-2H3. The van der Waals surface area contributed by atoms with Crippen LogP contribution in [0, 0.1) is 5.92 Å². The molecule has 8 heavy (non-hydrogen) atoms. The Morgan fingerprint density at radius 2 is 1.62 bits per heavy atom. The highest BCUT2D eigenvalue weighted by Gasteiger charge is 2.18. The van der Waals surface area contributed by atoms with Gasteiger partial charge in [0.25, 0.3) is 5.97 Å². The average molecular weight is 120 g/mol. The van der Waals surface area contributed by atoms with Crippen molar-refractivity contribution in [3.63, 3.8) is 0 Å². The fourth-order valence-corrected chi connectivity index (χ4v) is 0.548. The van der Waals surface area contributed by atoms with E-state index in [4.69, 9.17) is 15.3 Å². The first kappa shape index (κ1) is 7.88. The summed E-state index contributed by atoms with van der Waals surface area (Å²) >= 11 is 0. The first-order chi connectivity index (χ1) is 3.42. The Morgan fingerprint density at radius 3 is 1.62 bits per heavy atom. The lowest BCUT2D eigenvalue weighted by molar-refractivity contribution is -0.318. The van der Waals surface area contributed by atoms with Crippen molar-refractivity contribution in [3.05, 3.63) is 0 Å². The van der Waals surface area contributed by atoms with E-state index in [1.165, 1.54) is 0 Å². The van der Waals surface area contributed by atoms with Gasteiger partial charge in [0.2, 0.25) is 0 Å². The summed E-state index contributed by atoms with van der Waals surface area (Å²) in [5.41, 5.74) is 0. The molecule has 0 amide bonds. The Bertz CT molecular complexity index is 62.6. The predicted molar refractivity (Wildman–Crippen MR) is 28.8 cm³/mol. The van der Waals surface area contributed by atoms with E-state index in [9.17, 15) is 0 Å². The highest BCUT2D eigenvalue weighted by Crippen LogP contribution is 2.08. The fourth-order valence-electron chi connectivity index (χ4n) is 0.548. The van der Waals surface area contributed by atoms with Crippen molar-refractivity contribution in [2.45, 2.75) is 26.2 Å². The van der Waals surface area contributed by atoms with Crippen LogP contribution < -0.4 is 0 Å². The normalized spacial score (nSPS) is 12.8. The Kier molecular flexibility index (Phi) is 2.40. The van der Waals surface area contributed by atoms with Crippen molar-refractivity contribution in [2.24, 2.45) is 5.92 Å². The zero-order valence-corrected chi connectivity index (χ0v) is 5.13. The molecule has 0 aliphatic heterocycles. The third kappa shape index (κ3) is 5.88. The summed E-state index contributed by atoms with van der Waals surface area (Å²) in [5, 5.41) is 24.9. The predicted octanol–water partition coefficient (Wildman–Crippen LogP) is -0.337. The maximum atomic E-state index is 8.30. The molecule has 0 spiro atoms. The van der Waals surface area contributed by atoms with E-state index in [1.807, 2.05) is 0 Å². The van der Waals surface area contributed by atoms with Crippen LogP contribution in [-0.4, -0.2) is 21.3 Å². The molecule has 0 aliphatic carbocycles. The number of hydrogen-bond donors (Lipinski definition) is 3. The highest BCUT2D eigenvalue weighted by molar-refractivity contribution is 4.50. The van der Waals surface area contributed by atoms with Crippen LogP contribution in [0.4, 0.5) is 0 Å². The fraction of sp³-hybridized carbons (Fsp3) is 1.00. The molecule has 3 nitrogen and oxygen atoms in total. The summed E-state index contributed by atoms with van der Waals surface area (Å²) in [7, 11) is 0. The van der Waals surface area contributed by atoms with Crippen molar-refractivity contribution in [3.8, 4) is 0 Å². The quantitative estimate of drug-likeness (QED) is 0.437. The van der Waals surface area contributed by atoms with Gasteiger partial charge in [-0.15, -0.1) is 0 Å². The van der Waals surface area contributed by atoms with Crippen LogP contribution >= 0.6 is 0 Å². The number of rotatable bonds is 2. The van der Waals surface area contributed by atoms with Crippen LogP contribution in [0.1, 0.15) is 20.3 Å². The Balaban J connectivity index is 3.39. The molecule has 0 aromatic rings. The molecule has 0 aliphatic rings. The summed E-state index contributed by atoms with van der Waals surface area (Å²) < 4.78 is 0. The molecule has 0 aromatic heterocycles. The molecule has 0 rings (SSSR count).